The number of amides is 1. The lowest BCUT2D eigenvalue weighted by Gasteiger charge is -2.24. The normalized spacial score (nSPS) is 18.4. The van der Waals surface area contributed by atoms with E-state index in [1.165, 1.54) is 37.7 Å². The van der Waals surface area contributed by atoms with Crippen molar-refractivity contribution in [1.82, 2.24) is 14.9 Å². The molecule has 0 unspecified atom stereocenters. The number of aromatic nitrogens is 2. The molecular weight excluding hydrogens is 497 g/mol. The molecule has 2 aliphatic rings. The SMILES string of the molecule is O=C(/C=C/CN1CCCCC1)Nc1cc2c(Nc3ccc(F)c(Cl)c3)ncnc2cc1O[C@@H]1CCOC1. The van der Waals surface area contributed by atoms with Crippen LogP contribution in [-0.4, -0.2) is 59.7 Å². The Labute approximate surface area is 219 Å². The second-order valence-corrected chi connectivity index (χ2v) is 9.61. The minimum Gasteiger partial charge on any atom is -0.486 e. The van der Waals surface area contributed by atoms with Crippen LogP contribution in [0.1, 0.15) is 25.7 Å². The van der Waals surface area contributed by atoms with Crippen LogP contribution in [0.4, 0.5) is 21.6 Å². The molecule has 194 valence electrons. The maximum Gasteiger partial charge on any atom is 0.248 e. The minimum absolute atomic E-state index is 0.00197. The number of likely N-dealkylation sites (tertiary alicyclic amines) is 1. The first-order chi connectivity index (χ1) is 18.0. The molecular formula is C27H29ClFN5O3. The van der Waals surface area contributed by atoms with Gasteiger partial charge in [-0.05, 0) is 50.2 Å². The second kappa shape index (κ2) is 11.9. The number of halogens is 2. The van der Waals surface area contributed by atoms with E-state index in [1.54, 1.807) is 24.3 Å². The molecule has 3 aromatic rings. The van der Waals surface area contributed by atoms with Crippen molar-refractivity contribution in [2.75, 3.05) is 43.5 Å². The zero-order valence-electron chi connectivity index (χ0n) is 20.4. The summed E-state index contributed by atoms with van der Waals surface area (Å²) >= 11 is 5.94. The van der Waals surface area contributed by atoms with Crippen molar-refractivity contribution >= 4 is 45.6 Å². The van der Waals surface area contributed by atoms with Gasteiger partial charge in [0.2, 0.25) is 5.91 Å². The molecule has 2 N–H and O–H groups in total. The summed E-state index contributed by atoms with van der Waals surface area (Å²) in [5, 5.41) is 6.78. The highest BCUT2D eigenvalue weighted by atomic mass is 35.5. The Kier molecular flexibility index (Phi) is 8.13. The molecule has 2 fully saturated rings. The van der Waals surface area contributed by atoms with Crippen LogP contribution in [0.3, 0.4) is 0 Å². The highest BCUT2D eigenvalue weighted by Crippen LogP contribution is 2.35. The molecule has 8 nitrogen and oxygen atoms in total. The Balaban J connectivity index is 1.41. The van der Waals surface area contributed by atoms with Crippen molar-refractivity contribution in [1.29, 1.82) is 0 Å². The highest BCUT2D eigenvalue weighted by Gasteiger charge is 2.21. The van der Waals surface area contributed by atoms with Crippen molar-refractivity contribution in [2.45, 2.75) is 31.8 Å². The fourth-order valence-electron chi connectivity index (χ4n) is 4.50. The van der Waals surface area contributed by atoms with Crippen molar-refractivity contribution in [2.24, 2.45) is 0 Å². The number of anilines is 3. The van der Waals surface area contributed by atoms with E-state index in [-0.39, 0.29) is 17.0 Å². The fraction of sp³-hybridized carbons (Fsp3) is 0.370. The second-order valence-electron chi connectivity index (χ2n) is 9.20. The summed E-state index contributed by atoms with van der Waals surface area (Å²) in [6.45, 7) is 4.00. The first-order valence-corrected chi connectivity index (χ1v) is 12.9. The molecule has 0 saturated carbocycles. The Morgan fingerprint density at radius 1 is 1.22 bits per heavy atom. The van der Waals surface area contributed by atoms with Gasteiger partial charge < -0.3 is 20.1 Å². The van der Waals surface area contributed by atoms with Gasteiger partial charge in [-0.1, -0.05) is 24.1 Å². The number of benzene rings is 2. The van der Waals surface area contributed by atoms with E-state index in [9.17, 15) is 9.18 Å². The zero-order chi connectivity index (χ0) is 25.6. The number of hydrogen-bond acceptors (Lipinski definition) is 7. The van der Waals surface area contributed by atoms with Crippen LogP contribution in [0.5, 0.6) is 5.75 Å². The van der Waals surface area contributed by atoms with Crippen molar-refractivity contribution in [3.05, 3.63) is 59.7 Å². The standard InChI is InChI=1S/C27H29ClFN5O3/c28-21-13-18(6-7-22(21)29)32-27-20-14-24(33-26(35)5-4-11-34-9-2-1-3-10-34)25(15-23(20)30-17-31-27)37-19-8-12-36-16-19/h4-7,13-15,17,19H,1-3,8-12,16H2,(H,33,35)(H,30,31,32)/b5-4+/t19-/m1/s1. The van der Waals surface area contributed by atoms with E-state index >= 15 is 0 Å². The number of nitrogens with one attached hydrogen (secondary N) is 2. The fourth-order valence-corrected chi connectivity index (χ4v) is 4.68. The third kappa shape index (κ3) is 6.54. The van der Waals surface area contributed by atoms with Crippen molar-refractivity contribution in [3.8, 4) is 5.75 Å². The molecule has 1 aromatic heterocycles. The van der Waals surface area contributed by atoms with Gasteiger partial charge in [0.1, 0.15) is 29.8 Å². The predicted octanol–water partition coefficient (Wildman–Crippen LogP) is 5.31. The van der Waals surface area contributed by atoms with Gasteiger partial charge in [0.15, 0.2) is 0 Å². The van der Waals surface area contributed by atoms with E-state index < -0.39 is 5.82 Å². The smallest absolute Gasteiger partial charge is 0.248 e. The molecule has 3 heterocycles. The zero-order valence-corrected chi connectivity index (χ0v) is 21.1. The quantitative estimate of drug-likeness (QED) is 0.385. The third-order valence-corrected chi connectivity index (χ3v) is 6.73. The number of rotatable bonds is 8. The first-order valence-electron chi connectivity index (χ1n) is 12.5. The lowest BCUT2D eigenvalue weighted by Crippen LogP contribution is -2.29. The Bertz CT molecular complexity index is 1290. The number of hydrogen-bond donors (Lipinski definition) is 2. The molecule has 2 saturated heterocycles. The van der Waals surface area contributed by atoms with E-state index in [0.29, 0.717) is 47.1 Å². The van der Waals surface area contributed by atoms with Gasteiger partial charge in [0.05, 0.1) is 29.4 Å². The molecule has 5 rings (SSSR count). The summed E-state index contributed by atoms with van der Waals surface area (Å²) in [5.74, 6) is 0.242. The summed E-state index contributed by atoms with van der Waals surface area (Å²) in [5.41, 5.74) is 1.70. The van der Waals surface area contributed by atoms with Gasteiger partial charge in [-0.2, -0.15) is 0 Å². The van der Waals surface area contributed by atoms with Gasteiger partial charge in [-0.15, -0.1) is 0 Å². The van der Waals surface area contributed by atoms with Crippen LogP contribution in [0, 0.1) is 5.82 Å². The third-order valence-electron chi connectivity index (χ3n) is 6.44. The summed E-state index contributed by atoms with van der Waals surface area (Å²) in [7, 11) is 0. The molecule has 0 bridgehead atoms. The largest absolute Gasteiger partial charge is 0.486 e. The highest BCUT2D eigenvalue weighted by molar-refractivity contribution is 6.31. The van der Waals surface area contributed by atoms with E-state index in [4.69, 9.17) is 21.1 Å². The maximum absolute atomic E-state index is 13.6. The molecule has 10 heteroatoms. The summed E-state index contributed by atoms with van der Waals surface area (Å²) in [4.78, 5) is 23.9. The number of nitrogens with zero attached hydrogens (tertiary/aromatic N) is 3. The summed E-state index contributed by atoms with van der Waals surface area (Å²) < 4.78 is 25.3. The molecule has 1 amide bonds. The van der Waals surface area contributed by atoms with Crippen molar-refractivity contribution in [3.63, 3.8) is 0 Å². The Morgan fingerprint density at radius 3 is 2.86 bits per heavy atom. The topological polar surface area (TPSA) is 88.6 Å². The van der Waals surface area contributed by atoms with Crippen LogP contribution in [0.15, 0.2) is 48.8 Å². The van der Waals surface area contributed by atoms with Gasteiger partial charge in [0.25, 0.3) is 0 Å². The number of piperidine rings is 1. The molecule has 1 atom stereocenters. The van der Waals surface area contributed by atoms with Crippen molar-refractivity contribution < 1.29 is 18.7 Å². The monoisotopic (exact) mass is 525 g/mol. The Hall–Kier alpha value is -3.27. The van der Waals surface area contributed by atoms with E-state index in [0.717, 1.165) is 26.1 Å². The summed E-state index contributed by atoms with van der Waals surface area (Å²) in [6.07, 6.45) is 9.21. The molecule has 0 spiro atoms. The average Bonchev–Trinajstić information content (AvgIpc) is 3.41. The number of carbonyl (C=O) groups excluding carboxylic acids is 1. The van der Waals surface area contributed by atoms with E-state index in [2.05, 4.69) is 25.5 Å². The molecule has 37 heavy (non-hydrogen) atoms. The average molecular weight is 526 g/mol. The van der Waals surface area contributed by atoms with Crippen LogP contribution >= 0.6 is 11.6 Å². The van der Waals surface area contributed by atoms with Gasteiger partial charge in [-0.25, -0.2) is 14.4 Å². The lowest BCUT2D eigenvalue weighted by atomic mass is 10.1. The summed E-state index contributed by atoms with van der Waals surface area (Å²) in [6, 6.07) is 7.90. The van der Waals surface area contributed by atoms with Crippen LogP contribution in [0.2, 0.25) is 5.02 Å². The van der Waals surface area contributed by atoms with Crippen LogP contribution < -0.4 is 15.4 Å². The van der Waals surface area contributed by atoms with Crippen LogP contribution in [0.25, 0.3) is 10.9 Å². The Morgan fingerprint density at radius 2 is 2.08 bits per heavy atom. The molecule has 2 aliphatic heterocycles. The maximum atomic E-state index is 13.6. The molecule has 0 radical (unpaired) electrons. The number of fused-ring (bicyclic) bond motifs is 1. The molecule has 2 aromatic carbocycles. The van der Waals surface area contributed by atoms with Gasteiger partial charge in [0, 0.05) is 36.2 Å². The molecule has 0 aliphatic carbocycles. The predicted molar refractivity (Wildman–Crippen MR) is 142 cm³/mol. The number of carbonyl (C=O) groups is 1. The van der Waals surface area contributed by atoms with E-state index in [1.807, 2.05) is 6.08 Å². The first kappa shape index (κ1) is 25.4. The minimum atomic E-state index is -0.504. The van der Waals surface area contributed by atoms with Gasteiger partial charge >= 0.3 is 0 Å². The van der Waals surface area contributed by atoms with Crippen LogP contribution in [-0.2, 0) is 9.53 Å². The van der Waals surface area contributed by atoms with Gasteiger partial charge in [-0.3, -0.25) is 9.69 Å². The number of ether oxygens (including phenoxy) is 2. The lowest BCUT2D eigenvalue weighted by molar-refractivity contribution is -0.111.